The van der Waals surface area contributed by atoms with Gasteiger partial charge in [-0.05, 0) is 19.8 Å². The van der Waals surface area contributed by atoms with E-state index in [1.54, 1.807) is 13.8 Å². The summed E-state index contributed by atoms with van der Waals surface area (Å²) in [5.41, 5.74) is -0.183. The molecule has 1 aliphatic rings. The normalized spacial score (nSPS) is 18.4. The maximum absolute atomic E-state index is 12.2. The Kier molecular flexibility index (Phi) is 3.89. The van der Waals surface area contributed by atoms with Gasteiger partial charge in [0.05, 0.1) is 11.8 Å². The van der Waals surface area contributed by atoms with Gasteiger partial charge in [0.1, 0.15) is 5.54 Å². The van der Waals surface area contributed by atoms with Crippen molar-refractivity contribution in [1.29, 1.82) is 5.26 Å². The summed E-state index contributed by atoms with van der Waals surface area (Å²) in [7, 11) is 0. The van der Waals surface area contributed by atoms with Crippen molar-refractivity contribution >= 4 is 5.91 Å². The first-order valence-electron chi connectivity index (χ1n) is 6.74. The second-order valence-corrected chi connectivity index (χ2v) is 5.21. The van der Waals surface area contributed by atoms with Gasteiger partial charge in [0.25, 0.3) is 5.91 Å². The molecule has 0 atom stereocenters. The van der Waals surface area contributed by atoms with Gasteiger partial charge >= 0.3 is 0 Å². The molecule has 0 spiro atoms. The molecule has 0 radical (unpaired) electrons. The van der Waals surface area contributed by atoms with Gasteiger partial charge in [-0.15, -0.1) is 0 Å². The van der Waals surface area contributed by atoms with E-state index in [4.69, 9.17) is 4.42 Å². The van der Waals surface area contributed by atoms with E-state index < -0.39 is 5.54 Å². The van der Waals surface area contributed by atoms with E-state index in [-0.39, 0.29) is 11.7 Å². The Bertz CT molecular complexity index is 505. The molecule has 1 heterocycles. The Morgan fingerprint density at radius 2 is 1.95 bits per heavy atom. The molecule has 1 amide bonds. The molecule has 1 aliphatic carbocycles. The lowest BCUT2D eigenvalue weighted by Gasteiger charge is -2.25. The van der Waals surface area contributed by atoms with E-state index in [0.717, 1.165) is 25.7 Å². The highest BCUT2D eigenvalue weighted by Gasteiger charge is 2.34. The van der Waals surface area contributed by atoms with Crippen molar-refractivity contribution in [2.24, 2.45) is 0 Å². The molecule has 19 heavy (non-hydrogen) atoms. The molecule has 5 nitrogen and oxygen atoms in total. The van der Waals surface area contributed by atoms with Crippen molar-refractivity contribution in [3.05, 3.63) is 17.3 Å². The van der Waals surface area contributed by atoms with Crippen molar-refractivity contribution in [1.82, 2.24) is 10.3 Å². The number of hydrogen-bond donors (Lipinski definition) is 1. The average Bonchev–Trinajstić information content (AvgIpc) is 2.60. The number of rotatable bonds is 2. The molecule has 0 bridgehead atoms. The van der Waals surface area contributed by atoms with Gasteiger partial charge in [0.15, 0.2) is 5.89 Å². The fourth-order valence-electron chi connectivity index (χ4n) is 2.61. The highest BCUT2D eigenvalue weighted by Crippen LogP contribution is 2.27. The lowest BCUT2D eigenvalue weighted by atomic mass is 9.91. The van der Waals surface area contributed by atoms with Crippen LogP contribution in [0.15, 0.2) is 4.42 Å². The molecule has 1 aromatic heterocycles. The number of nitrogens with zero attached hydrogens (tertiary/aromatic N) is 2. The van der Waals surface area contributed by atoms with Gasteiger partial charge in [-0.2, -0.15) is 5.26 Å². The van der Waals surface area contributed by atoms with Crippen LogP contribution < -0.4 is 5.32 Å². The molecule has 0 aliphatic heterocycles. The van der Waals surface area contributed by atoms with Gasteiger partial charge in [0, 0.05) is 6.92 Å². The van der Waals surface area contributed by atoms with Crippen LogP contribution >= 0.6 is 0 Å². The Labute approximate surface area is 113 Å². The summed E-state index contributed by atoms with van der Waals surface area (Å²) in [5, 5.41) is 12.3. The number of carbonyl (C=O) groups excluding carboxylic acids is 1. The average molecular weight is 261 g/mol. The van der Waals surface area contributed by atoms with E-state index in [1.165, 1.54) is 0 Å². The van der Waals surface area contributed by atoms with Crippen molar-refractivity contribution < 1.29 is 9.21 Å². The first kappa shape index (κ1) is 13.6. The number of aromatic nitrogens is 1. The summed E-state index contributed by atoms with van der Waals surface area (Å²) < 4.78 is 5.31. The largest absolute Gasteiger partial charge is 0.436 e. The molecule has 102 valence electrons. The van der Waals surface area contributed by atoms with Gasteiger partial charge in [-0.1, -0.05) is 25.7 Å². The topological polar surface area (TPSA) is 78.9 Å². The van der Waals surface area contributed by atoms with Crippen LogP contribution in [0.4, 0.5) is 0 Å². The van der Waals surface area contributed by atoms with Crippen molar-refractivity contribution in [2.45, 2.75) is 57.9 Å². The smallest absolute Gasteiger partial charge is 0.290 e. The molecular formula is C14H19N3O2. The molecule has 1 fully saturated rings. The van der Waals surface area contributed by atoms with Gasteiger partial charge in [-0.25, -0.2) is 4.98 Å². The fraction of sp³-hybridized carbons (Fsp3) is 0.643. The Balaban J connectivity index is 2.16. The molecule has 0 unspecified atom stereocenters. The van der Waals surface area contributed by atoms with Crippen LogP contribution in [0.3, 0.4) is 0 Å². The van der Waals surface area contributed by atoms with Crippen LogP contribution in [-0.2, 0) is 0 Å². The van der Waals surface area contributed by atoms with Crippen LogP contribution in [0.5, 0.6) is 0 Å². The predicted molar refractivity (Wildman–Crippen MR) is 69.5 cm³/mol. The second kappa shape index (κ2) is 5.43. The number of amides is 1. The molecule has 2 rings (SSSR count). The minimum Gasteiger partial charge on any atom is -0.436 e. The summed E-state index contributed by atoms with van der Waals surface area (Å²) in [6.07, 6.45) is 5.62. The van der Waals surface area contributed by atoms with Crippen LogP contribution in [-0.4, -0.2) is 16.4 Å². The van der Waals surface area contributed by atoms with E-state index in [0.29, 0.717) is 24.4 Å². The molecule has 0 aromatic carbocycles. The molecular weight excluding hydrogens is 242 g/mol. The number of oxazole rings is 1. The zero-order valence-electron chi connectivity index (χ0n) is 11.5. The third-order valence-corrected chi connectivity index (χ3v) is 3.63. The summed E-state index contributed by atoms with van der Waals surface area (Å²) in [5.74, 6) is 0.354. The van der Waals surface area contributed by atoms with E-state index in [9.17, 15) is 10.1 Å². The fourth-order valence-corrected chi connectivity index (χ4v) is 2.61. The third kappa shape index (κ3) is 2.95. The van der Waals surface area contributed by atoms with E-state index >= 15 is 0 Å². The Morgan fingerprint density at radius 1 is 1.32 bits per heavy atom. The first-order chi connectivity index (χ1) is 9.06. The zero-order chi connectivity index (χ0) is 13.9. The Hall–Kier alpha value is -1.83. The summed E-state index contributed by atoms with van der Waals surface area (Å²) in [6.45, 7) is 3.44. The first-order valence-corrected chi connectivity index (χ1v) is 6.74. The Morgan fingerprint density at radius 3 is 2.42 bits per heavy atom. The molecule has 1 N–H and O–H groups in total. The minimum absolute atomic E-state index is 0.219. The standard InChI is InChI=1S/C14H19N3O2/c1-10-12(19-11(2)16-10)13(18)17-14(9-15)7-5-3-4-6-8-14/h3-8H2,1-2H3,(H,17,18). The van der Waals surface area contributed by atoms with E-state index in [1.807, 2.05) is 0 Å². The molecule has 1 saturated carbocycles. The minimum atomic E-state index is -0.749. The number of nitriles is 1. The van der Waals surface area contributed by atoms with Crippen LogP contribution in [0.25, 0.3) is 0 Å². The molecule has 1 aromatic rings. The second-order valence-electron chi connectivity index (χ2n) is 5.21. The predicted octanol–water partition coefficient (Wildman–Crippen LogP) is 2.64. The van der Waals surface area contributed by atoms with Crippen molar-refractivity contribution in [2.75, 3.05) is 0 Å². The maximum Gasteiger partial charge on any atom is 0.290 e. The van der Waals surface area contributed by atoms with Gasteiger partial charge in [-0.3, -0.25) is 4.79 Å². The SMILES string of the molecule is Cc1nc(C)c(C(=O)NC2(C#N)CCCCCC2)o1. The van der Waals surface area contributed by atoms with Crippen LogP contribution in [0.2, 0.25) is 0 Å². The number of hydrogen-bond acceptors (Lipinski definition) is 4. The monoisotopic (exact) mass is 261 g/mol. The molecule has 5 heteroatoms. The van der Waals surface area contributed by atoms with Gasteiger partial charge < -0.3 is 9.73 Å². The summed E-state index contributed by atoms with van der Waals surface area (Å²) >= 11 is 0. The molecule has 0 saturated heterocycles. The highest BCUT2D eigenvalue weighted by atomic mass is 16.4. The van der Waals surface area contributed by atoms with Crippen LogP contribution in [0, 0.1) is 25.2 Å². The number of aryl methyl sites for hydroxylation is 2. The number of carbonyl (C=O) groups is 1. The lowest BCUT2D eigenvalue weighted by molar-refractivity contribution is 0.0882. The summed E-state index contributed by atoms with van der Waals surface area (Å²) in [4.78, 5) is 16.3. The highest BCUT2D eigenvalue weighted by molar-refractivity contribution is 5.93. The van der Waals surface area contributed by atoms with E-state index in [2.05, 4.69) is 16.4 Å². The van der Waals surface area contributed by atoms with Gasteiger partial charge in [0.2, 0.25) is 5.76 Å². The lowest BCUT2D eigenvalue weighted by Crippen LogP contribution is -2.47. The third-order valence-electron chi connectivity index (χ3n) is 3.63. The van der Waals surface area contributed by atoms with Crippen molar-refractivity contribution in [3.8, 4) is 6.07 Å². The van der Waals surface area contributed by atoms with Crippen molar-refractivity contribution in [3.63, 3.8) is 0 Å². The zero-order valence-corrected chi connectivity index (χ0v) is 11.5. The summed E-state index contributed by atoms with van der Waals surface area (Å²) in [6, 6.07) is 2.29. The quantitative estimate of drug-likeness (QED) is 0.830. The van der Waals surface area contributed by atoms with Crippen LogP contribution in [0.1, 0.15) is 60.7 Å². The maximum atomic E-state index is 12.2. The number of nitrogens with one attached hydrogen (secondary N) is 1.